The Morgan fingerprint density at radius 1 is 1.40 bits per heavy atom. The first-order chi connectivity index (χ1) is 11.9. The van der Waals surface area contributed by atoms with Crippen LogP contribution < -0.4 is 10.1 Å². The lowest BCUT2D eigenvalue weighted by Crippen LogP contribution is -2.11. The molecule has 0 aliphatic rings. The van der Waals surface area contributed by atoms with Crippen molar-refractivity contribution in [2.45, 2.75) is 13.5 Å². The maximum atomic E-state index is 13.0. The van der Waals surface area contributed by atoms with E-state index in [2.05, 4.69) is 10.4 Å². The van der Waals surface area contributed by atoms with Crippen molar-refractivity contribution in [3.63, 3.8) is 0 Å². The summed E-state index contributed by atoms with van der Waals surface area (Å²) in [6.07, 6.45) is 1.57. The van der Waals surface area contributed by atoms with Crippen LogP contribution in [0.4, 0.5) is 10.1 Å². The van der Waals surface area contributed by atoms with E-state index in [1.807, 2.05) is 6.92 Å². The fraction of sp³-hybridized carbons (Fsp3) is 0.176. The van der Waals surface area contributed by atoms with Gasteiger partial charge in [-0.1, -0.05) is 11.6 Å². The fourth-order valence-corrected chi connectivity index (χ4v) is 2.35. The first kappa shape index (κ1) is 17.0. The molecule has 25 heavy (non-hydrogen) atoms. The van der Waals surface area contributed by atoms with Crippen molar-refractivity contribution in [2.75, 3.05) is 5.32 Å². The van der Waals surface area contributed by atoms with E-state index in [0.29, 0.717) is 17.2 Å². The standard InChI is InChI=1S/C17H15ClFN3O3/c1-10-14(8-20-22(10)2)21-17(23)16-6-4-12(25-16)9-24-15-5-3-11(19)7-13(15)18/h3-8H,9H2,1-2H3,(H,21,23). The SMILES string of the molecule is Cc1c(NC(=O)c2ccc(COc3ccc(F)cc3Cl)o2)cnn1C. The lowest BCUT2D eigenvalue weighted by Gasteiger charge is -2.06. The third-order valence-electron chi connectivity index (χ3n) is 3.63. The van der Waals surface area contributed by atoms with E-state index in [0.717, 1.165) is 11.8 Å². The quantitative estimate of drug-likeness (QED) is 0.745. The average Bonchev–Trinajstić information content (AvgIpc) is 3.16. The third kappa shape index (κ3) is 3.83. The Labute approximate surface area is 148 Å². The lowest BCUT2D eigenvalue weighted by molar-refractivity contribution is 0.0992. The number of anilines is 1. The number of aryl methyl sites for hydroxylation is 1. The van der Waals surface area contributed by atoms with Gasteiger partial charge in [0, 0.05) is 7.05 Å². The maximum Gasteiger partial charge on any atom is 0.291 e. The first-order valence-corrected chi connectivity index (χ1v) is 7.78. The largest absolute Gasteiger partial charge is 0.484 e. The summed E-state index contributed by atoms with van der Waals surface area (Å²) in [7, 11) is 1.79. The number of furan rings is 1. The van der Waals surface area contributed by atoms with Gasteiger partial charge in [0.05, 0.1) is 22.6 Å². The van der Waals surface area contributed by atoms with Gasteiger partial charge < -0.3 is 14.5 Å². The minimum Gasteiger partial charge on any atom is -0.484 e. The number of carbonyl (C=O) groups excluding carboxylic acids is 1. The van der Waals surface area contributed by atoms with Crippen LogP contribution in [0.3, 0.4) is 0 Å². The van der Waals surface area contributed by atoms with Crippen LogP contribution in [0.5, 0.6) is 5.75 Å². The van der Waals surface area contributed by atoms with Crippen molar-refractivity contribution >= 4 is 23.2 Å². The van der Waals surface area contributed by atoms with Gasteiger partial charge in [0.2, 0.25) is 0 Å². The molecule has 0 aliphatic carbocycles. The van der Waals surface area contributed by atoms with Crippen molar-refractivity contribution in [3.05, 3.63) is 64.6 Å². The fourth-order valence-electron chi connectivity index (χ4n) is 2.12. The summed E-state index contributed by atoms with van der Waals surface area (Å²) in [5.74, 6) is 0.0825. The van der Waals surface area contributed by atoms with Crippen molar-refractivity contribution < 1.29 is 18.3 Å². The number of halogens is 2. The number of benzene rings is 1. The molecule has 0 radical (unpaired) electrons. The van der Waals surface area contributed by atoms with Gasteiger partial charge in [-0.25, -0.2) is 4.39 Å². The van der Waals surface area contributed by atoms with Crippen LogP contribution in [0.1, 0.15) is 22.0 Å². The molecule has 0 aliphatic heterocycles. The number of hydrogen-bond donors (Lipinski definition) is 1. The van der Waals surface area contributed by atoms with Gasteiger partial charge in [0.25, 0.3) is 5.91 Å². The van der Waals surface area contributed by atoms with Crippen molar-refractivity contribution in [1.82, 2.24) is 9.78 Å². The van der Waals surface area contributed by atoms with Crippen LogP contribution in [0.25, 0.3) is 0 Å². The zero-order valence-electron chi connectivity index (χ0n) is 13.5. The van der Waals surface area contributed by atoms with E-state index in [1.165, 1.54) is 12.1 Å². The van der Waals surface area contributed by atoms with E-state index >= 15 is 0 Å². The van der Waals surface area contributed by atoms with Crippen molar-refractivity contribution in [2.24, 2.45) is 7.05 Å². The predicted octanol–water partition coefficient (Wildman–Crippen LogP) is 3.95. The molecule has 0 spiro atoms. The van der Waals surface area contributed by atoms with Gasteiger partial charge in [0.15, 0.2) is 5.76 Å². The summed E-state index contributed by atoms with van der Waals surface area (Å²) in [4.78, 5) is 12.2. The Hall–Kier alpha value is -2.80. The Bertz CT molecular complexity index is 920. The summed E-state index contributed by atoms with van der Waals surface area (Å²) < 4.78 is 25.6. The smallest absolute Gasteiger partial charge is 0.291 e. The van der Waals surface area contributed by atoms with Gasteiger partial charge in [0.1, 0.15) is 23.9 Å². The Morgan fingerprint density at radius 2 is 2.20 bits per heavy atom. The Balaban J connectivity index is 1.63. The highest BCUT2D eigenvalue weighted by Crippen LogP contribution is 2.26. The molecule has 0 saturated carbocycles. The van der Waals surface area contributed by atoms with Crippen LogP contribution in [-0.2, 0) is 13.7 Å². The molecule has 3 aromatic rings. The molecule has 1 N–H and O–H groups in total. The summed E-state index contributed by atoms with van der Waals surface area (Å²) in [5.41, 5.74) is 1.44. The number of ether oxygens (including phenoxy) is 1. The highest BCUT2D eigenvalue weighted by atomic mass is 35.5. The molecule has 1 aromatic carbocycles. The number of aromatic nitrogens is 2. The van der Waals surface area contributed by atoms with E-state index in [-0.39, 0.29) is 23.3 Å². The van der Waals surface area contributed by atoms with Crippen molar-refractivity contribution in [1.29, 1.82) is 0 Å². The molecule has 0 saturated heterocycles. The number of nitrogens with one attached hydrogen (secondary N) is 1. The molecule has 0 bridgehead atoms. The number of rotatable bonds is 5. The Morgan fingerprint density at radius 3 is 2.88 bits per heavy atom. The second kappa shape index (κ2) is 6.98. The zero-order valence-corrected chi connectivity index (χ0v) is 14.3. The second-order valence-electron chi connectivity index (χ2n) is 5.35. The van der Waals surface area contributed by atoms with Gasteiger partial charge >= 0.3 is 0 Å². The summed E-state index contributed by atoms with van der Waals surface area (Å²) in [5, 5.41) is 6.95. The minimum atomic E-state index is -0.444. The lowest BCUT2D eigenvalue weighted by atomic mass is 10.3. The molecular weight excluding hydrogens is 349 g/mol. The van der Waals surface area contributed by atoms with Crippen LogP contribution in [0, 0.1) is 12.7 Å². The average molecular weight is 364 g/mol. The first-order valence-electron chi connectivity index (χ1n) is 7.40. The number of carbonyl (C=O) groups is 1. The topological polar surface area (TPSA) is 69.3 Å². The molecule has 0 fully saturated rings. The van der Waals surface area contributed by atoms with Crippen LogP contribution in [0.15, 0.2) is 40.9 Å². The number of hydrogen-bond acceptors (Lipinski definition) is 4. The van der Waals surface area contributed by atoms with Gasteiger partial charge in [-0.2, -0.15) is 5.10 Å². The molecule has 0 unspecified atom stereocenters. The summed E-state index contributed by atoms with van der Waals surface area (Å²) in [6, 6.07) is 7.01. The highest BCUT2D eigenvalue weighted by molar-refractivity contribution is 6.32. The maximum absolute atomic E-state index is 13.0. The van der Waals surface area contributed by atoms with Crippen molar-refractivity contribution in [3.8, 4) is 5.75 Å². The van der Waals surface area contributed by atoms with Gasteiger partial charge in [-0.3, -0.25) is 9.48 Å². The summed E-state index contributed by atoms with van der Waals surface area (Å²) >= 11 is 5.89. The van der Waals surface area contributed by atoms with E-state index in [1.54, 1.807) is 30.1 Å². The molecule has 130 valence electrons. The predicted molar refractivity (Wildman–Crippen MR) is 90.3 cm³/mol. The second-order valence-corrected chi connectivity index (χ2v) is 5.76. The molecule has 0 atom stereocenters. The molecule has 3 rings (SSSR count). The molecule has 1 amide bonds. The molecule has 2 heterocycles. The molecule has 8 heteroatoms. The third-order valence-corrected chi connectivity index (χ3v) is 3.93. The van der Waals surface area contributed by atoms with E-state index < -0.39 is 5.82 Å². The molecule has 6 nitrogen and oxygen atoms in total. The monoisotopic (exact) mass is 363 g/mol. The Kier molecular flexibility index (Phi) is 4.76. The van der Waals surface area contributed by atoms with Crippen LogP contribution >= 0.6 is 11.6 Å². The number of amides is 1. The zero-order chi connectivity index (χ0) is 18.0. The van der Waals surface area contributed by atoms with Gasteiger partial charge in [-0.15, -0.1) is 0 Å². The van der Waals surface area contributed by atoms with Crippen LogP contribution in [-0.4, -0.2) is 15.7 Å². The molecular formula is C17H15ClFN3O3. The van der Waals surface area contributed by atoms with E-state index in [4.69, 9.17) is 20.8 Å². The molecule has 2 aromatic heterocycles. The van der Waals surface area contributed by atoms with Crippen LogP contribution in [0.2, 0.25) is 5.02 Å². The normalized spacial score (nSPS) is 10.7. The minimum absolute atomic E-state index is 0.0601. The van der Waals surface area contributed by atoms with Gasteiger partial charge in [-0.05, 0) is 37.3 Å². The van der Waals surface area contributed by atoms with E-state index in [9.17, 15) is 9.18 Å². The number of nitrogens with zero attached hydrogens (tertiary/aromatic N) is 2. The highest BCUT2D eigenvalue weighted by Gasteiger charge is 2.14. The summed E-state index contributed by atoms with van der Waals surface area (Å²) in [6.45, 7) is 1.90.